The molecule has 0 saturated carbocycles. The largest absolute Gasteiger partial charge is 0.490 e. The molecular formula is C25H28ClNO9S. The highest BCUT2D eigenvalue weighted by atomic mass is 35.5. The monoisotopic (exact) mass is 553 g/mol. The molecule has 3 N–H and O–H groups in total. The van der Waals surface area contributed by atoms with E-state index in [1.807, 2.05) is 13.8 Å². The summed E-state index contributed by atoms with van der Waals surface area (Å²) in [5.74, 6) is -0.850. The molecule has 0 bridgehead atoms. The van der Waals surface area contributed by atoms with Gasteiger partial charge in [0.1, 0.15) is 22.8 Å². The van der Waals surface area contributed by atoms with Crippen LogP contribution in [0.2, 0.25) is 0 Å². The van der Waals surface area contributed by atoms with Crippen molar-refractivity contribution in [2.45, 2.75) is 49.3 Å². The van der Waals surface area contributed by atoms with Gasteiger partial charge >= 0.3 is 11.9 Å². The number of carbonyl (C=O) groups excluding carboxylic acids is 1. The molecule has 0 aliphatic rings. The number of benzene rings is 2. The van der Waals surface area contributed by atoms with Gasteiger partial charge in [-0.25, -0.2) is 0 Å². The lowest BCUT2D eigenvalue weighted by Crippen LogP contribution is -2.33. The molecular weight excluding hydrogens is 526 g/mol. The van der Waals surface area contributed by atoms with Gasteiger partial charge in [0, 0.05) is 17.0 Å². The first-order valence-corrected chi connectivity index (χ1v) is 11.9. The van der Waals surface area contributed by atoms with E-state index in [0.29, 0.717) is 28.1 Å². The third-order valence-corrected chi connectivity index (χ3v) is 5.61. The molecule has 1 atom stereocenters. The van der Waals surface area contributed by atoms with Crippen molar-refractivity contribution in [3.05, 3.63) is 46.6 Å². The van der Waals surface area contributed by atoms with Crippen LogP contribution in [0, 0.1) is 0 Å². The number of esters is 1. The zero-order chi connectivity index (χ0) is 26.4. The fourth-order valence-electron chi connectivity index (χ4n) is 3.22. The summed E-state index contributed by atoms with van der Waals surface area (Å²) >= 11 is 1.19. The van der Waals surface area contributed by atoms with E-state index < -0.39 is 24.4 Å². The van der Waals surface area contributed by atoms with Crippen LogP contribution in [0.1, 0.15) is 27.2 Å². The Labute approximate surface area is 223 Å². The Morgan fingerprint density at radius 1 is 1.14 bits per heavy atom. The molecule has 2 aromatic carbocycles. The first-order chi connectivity index (χ1) is 17.1. The summed E-state index contributed by atoms with van der Waals surface area (Å²) in [5.41, 5.74) is 5.32. The maximum absolute atomic E-state index is 13.0. The van der Waals surface area contributed by atoms with Crippen molar-refractivity contribution in [2.24, 2.45) is 5.73 Å². The second kappa shape index (κ2) is 13.2. The van der Waals surface area contributed by atoms with Crippen molar-refractivity contribution in [1.82, 2.24) is 0 Å². The van der Waals surface area contributed by atoms with Crippen LogP contribution in [0.5, 0.6) is 23.0 Å². The smallest absolute Gasteiger partial charge is 0.321 e. The Kier molecular flexibility index (Phi) is 10.7. The van der Waals surface area contributed by atoms with Crippen LogP contribution < -0.4 is 30.1 Å². The normalized spacial score (nSPS) is 11.5. The molecule has 0 unspecified atom stereocenters. The van der Waals surface area contributed by atoms with Crippen LogP contribution in [0.25, 0.3) is 11.0 Å². The van der Waals surface area contributed by atoms with Crippen LogP contribution in [0.3, 0.4) is 0 Å². The van der Waals surface area contributed by atoms with Crippen LogP contribution in [-0.4, -0.2) is 42.9 Å². The maximum atomic E-state index is 13.0. The van der Waals surface area contributed by atoms with E-state index in [-0.39, 0.29) is 46.4 Å². The lowest BCUT2D eigenvalue weighted by atomic mass is 10.1. The topological polar surface area (TPSA) is 148 Å². The Balaban J connectivity index is 0.00000481. The summed E-state index contributed by atoms with van der Waals surface area (Å²) in [6, 6.07) is 8.05. The zero-order valence-electron chi connectivity index (χ0n) is 20.6. The number of ether oxygens (including phenoxy) is 4. The number of carboxylic acid groups (broad SMARTS) is 1. The van der Waals surface area contributed by atoms with Gasteiger partial charge in [0.25, 0.3) is 0 Å². The average molecular weight is 554 g/mol. The predicted octanol–water partition coefficient (Wildman–Crippen LogP) is 4.27. The third-order valence-electron chi connectivity index (χ3n) is 4.70. The van der Waals surface area contributed by atoms with Crippen molar-refractivity contribution in [2.75, 3.05) is 13.7 Å². The summed E-state index contributed by atoms with van der Waals surface area (Å²) in [6.07, 6.45) is -0.604. The summed E-state index contributed by atoms with van der Waals surface area (Å²) < 4.78 is 28.2. The molecule has 10 nitrogen and oxygen atoms in total. The van der Waals surface area contributed by atoms with E-state index in [4.69, 9.17) is 34.2 Å². The number of carboxylic acids is 1. The highest BCUT2D eigenvalue weighted by molar-refractivity contribution is 7.99. The molecule has 1 aromatic heterocycles. The SMILES string of the molecule is CCOc1c(OC)c(OC(C)C)cc2oc(Sc3ccc(OC(=O)C[C@H](N)C(=O)O)cc3)cc(=O)c12.Cl. The van der Waals surface area contributed by atoms with Crippen molar-refractivity contribution in [3.8, 4) is 23.0 Å². The Morgan fingerprint density at radius 2 is 1.81 bits per heavy atom. The van der Waals surface area contributed by atoms with Gasteiger partial charge in [0.05, 0.1) is 26.2 Å². The van der Waals surface area contributed by atoms with Gasteiger partial charge < -0.3 is 34.2 Å². The number of hydrogen-bond donors (Lipinski definition) is 2. The number of hydrogen-bond acceptors (Lipinski definition) is 10. The minimum atomic E-state index is -1.34. The Morgan fingerprint density at radius 3 is 2.38 bits per heavy atom. The van der Waals surface area contributed by atoms with Gasteiger partial charge in [-0.2, -0.15) is 0 Å². The zero-order valence-corrected chi connectivity index (χ0v) is 22.3. The second-order valence-electron chi connectivity index (χ2n) is 7.84. The number of methoxy groups -OCH3 is 1. The van der Waals surface area contributed by atoms with Crippen molar-refractivity contribution in [3.63, 3.8) is 0 Å². The van der Waals surface area contributed by atoms with Crippen LogP contribution >= 0.6 is 24.2 Å². The van der Waals surface area contributed by atoms with Crippen LogP contribution in [-0.2, 0) is 9.59 Å². The highest BCUT2D eigenvalue weighted by Gasteiger charge is 2.22. The lowest BCUT2D eigenvalue weighted by Gasteiger charge is -2.18. The molecule has 0 aliphatic carbocycles. The molecule has 12 heteroatoms. The Bertz CT molecular complexity index is 1310. The van der Waals surface area contributed by atoms with Gasteiger partial charge in [-0.3, -0.25) is 14.4 Å². The van der Waals surface area contributed by atoms with Crippen molar-refractivity contribution >= 4 is 47.1 Å². The van der Waals surface area contributed by atoms with E-state index >= 15 is 0 Å². The van der Waals surface area contributed by atoms with Crippen molar-refractivity contribution in [1.29, 1.82) is 0 Å². The van der Waals surface area contributed by atoms with Gasteiger partial charge in [0.15, 0.2) is 22.0 Å². The predicted molar refractivity (Wildman–Crippen MR) is 140 cm³/mol. The molecule has 0 aliphatic heterocycles. The fraction of sp³-hybridized carbons (Fsp3) is 0.320. The minimum Gasteiger partial charge on any atom is -0.490 e. The average Bonchev–Trinajstić information content (AvgIpc) is 2.79. The quantitative estimate of drug-likeness (QED) is 0.259. The van der Waals surface area contributed by atoms with Gasteiger partial charge in [-0.05, 0) is 45.0 Å². The van der Waals surface area contributed by atoms with Crippen LogP contribution in [0.4, 0.5) is 0 Å². The highest BCUT2D eigenvalue weighted by Crippen LogP contribution is 2.44. The molecule has 0 radical (unpaired) electrons. The lowest BCUT2D eigenvalue weighted by molar-refractivity contribution is -0.143. The van der Waals surface area contributed by atoms with Gasteiger partial charge in [-0.1, -0.05) is 11.8 Å². The van der Waals surface area contributed by atoms with E-state index in [2.05, 4.69) is 0 Å². The standard InChI is InChI=1S/C25H27NO9S.ClH/c1-5-32-24-22-17(27)11-21(35-18(22)12-19(23(24)31-4)33-13(2)3)36-15-8-6-14(7-9-15)34-20(28)10-16(26)25(29)30;/h6-9,11-13,16H,5,10,26H2,1-4H3,(H,29,30);1H/t16-;/m0./s1. The van der Waals surface area contributed by atoms with Gasteiger partial charge in [-0.15, -0.1) is 12.4 Å². The van der Waals surface area contributed by atoms with Crippen LogP contribution in [0.15, 0.2) is 55.6 Å². The van der Waals surface area contributed by atoms with Crippen molar-refractivity contribution < 1.29 is 38.1 Å². The number of aliphatic carboxylic acids is 1. The van der Waals surface area contributed by atoms with E-state index in [9.17, 15) is 14.4 Å². The molecule has 37 heavy (non-hydrogen) atoms. The summed E-state index contributed by atoms with van der Waals surface area (Å²) in [7, 11) is 1.48. The molecule has 200 valence electrons. The molecule has 0 saturated heterocycles. The van der Waals surface area contributed by atoms with E-state index in [1.165, 1.54) is 37.1 Å². The molecule has 0 spiro atoms. The maximum Gasteiger partial charge on any atom is 0.321 e. The summed E-state index contributed by atoms with van der Waals surface area (Å²) in [5, 5.41) is 9.37. The molecule has 3 aromatic rings. The summed E-state index contributed by atoms with van der Waals surface area (Å²) in [4.78, 5) is 36.3. The second-order valence-corrected chi connectivity index (χ2v) is 8.91. The third kappa shape index (κ3) is 7.54. The number of rotatable bonds is 11. The number of carbonyl (C=O) groups is 2. The minimum absolute atomic E-state index is 0. The van der Waals surface area contributed by atoms with E-state index in [0.717, 1.165) is 0 Å². The summed E-state index contributed by atoms with van der Waals surface area (Å²) in [6.45, 7) is 5.85. The number of halogens is 1. The molecule has 0 fully saturated rings. The molecule has 0 amide bonds. The number of nitrogens with two attached hydrogens (primary N) is 1. The molecule has 1 heterocycles. The number of fused-ring (bicyclic) bond motifs is 1. The van der Waals surface area contributed by atoms with Gasteiger partial charge in [0.2, 0.25) is 5.75 Å². The molecule has 3 rings (SSSR count). The fourth-order valence-corrected chi connectivity index (χ4v) is 4.03. The van der Waals surface area contributed by atoms with E-state index in [1.54, 1.807) is 25.1 Å². The Hall–Kier alpha value is -3.41. The first-order valence-electron chi connectivity index (χ1n) is 11.1. The first kappa shape index (κ1) is 29.8.